The third-order valence-electron chi connectivity index (χ3n) is 4.05. The molecule has 1 fully saturated rings. The standard InChI is InChI=1S/C15H22N2O4/c1-3-21-14(20)12(10(2)18)15(7-5-4-6-8-15)11(9-16)13(17)19/h11,18H,3-8H2,1-2H3,(H2,17,19)/b12-10+/t11-/m0/s1. The number of nitrogens with two attached hydrogens (primary N) is 1. The summed E-state index contributed by atoms with van der Waals surface area (Å²) in [5, 5.41) is 19.3. The van der Waals surface area contributed by atoms with Gasteiger partial charge in [-0.2, -0.15) is 5.26 Å². The predicted octanol–water partition coefficient (Wildman–Crippen LogP) is 1.96. The number of amides is 1. The summed E-state index contributed by atoms with van der Waals surface area (Å²) in [5.74, 6) is -2.82. The first-order valence-corrected chi connectivity index (χ1v) is 7.17. The summed E-state index contributed by atoms with van der Waals surface area (Å²) >= 11 is 0. The Hall–Kier alpha value is -2.03. The van der Waals surface area contributed by atoms with E-state index in [-0.39, 0.29) is 17.9 Å². The molecule has 0 aromatic carbocycles. The van der Waals surface area contributed by atoms with Crippen LogP contribution in [0, 0.1) is 22.7 Å². The zero-order chi connectivity index (χ0) is 16.0. The number of rotatable bonds is 5. The van der Waals surface area contributed by atoms with Crippen molar-refractivity contribution in [1.82, 2.24) is 0 Å². The highest BCUT2D eigenvalue weighted by molar-refractivity contribution is 5.93. The highest BCUT2D eigenvalue weighted by Gasteiger charge is 2.50. The SMILES string of the molecule is CCOC(=O)/C(=C(/C)O)C1([C@@H](C#N)C(N)=O)CCCCC1. The molecule has 1 rings (SSSR count). The van der Waals surface area contributed by atoms with Crippen LogP contribution in [0.3, 0.4) is 0 Å². The number of primary amides is 1. The first-order valence-electron chi connectivity index (χ1n) is 7.17. The first-order chi connectivity index (χ1) is 9.90. The fourth-order valence-electron chi connectivity index (χ4n) is 3.24. The molecule has 1 saturated carbocycles. The quantitative estimate of drug-likeness (QED) is 0.457. The zero-order valence-electron chi connectivity index (χ0n) is 12.5. The summed E-state index contributed by atoms with van der Waals surface area (Å²) in [5.41, 5.74) is 4.33. The molecule has 3 N–H and O–H groups in total. The Morgan fingerprint density at radius 2 is 1.95 bits per heavy atom. The third kappa shape index (κ3) is 3.35. The van der Waals surface area contributed by atoms with E-state index in [0.717, 1.165) is 19.3 Å². The van der Waals surface area contributed by atoms with Gasteiger partial charge in [0.15, 0.2) is 0 Å². The number of nitriles is 1. The van der Waals surface area contributed by atoms with Gasteiger partial charge in [-0.25, -0.2) is 4.79 Å². The van der Waals surface area contributed by atoms with Crippen molar-refractivity contribution in [3.63, 3.8) is 0 Å². The molecule has 0 spiro atoms. The Balaban J connectivity index is 3.41. The number of carbonyl (C=O) groups is 2. The van der Waals surface area contributed by atoms with Gasteiger partial charge < -0.3 is 15.6 Å². The number of hydrogen-bond donors (Lipinski definition) is 2. The third-order valence-corrected chi connectivity index (χ3v) is 4.05. The maximum Gasteiger partial charge on any atom is 0.338 e. The van der Waals surface area contributed by atoms with E-state index in [9.17, 15) is 20.0 Å². The molecule has 116 valence electrons. The van der Waals surface area contributed by atoms with Gasteiger partial charge in [0.25, 0.3) is 0 Å². The van der Waals surface area contributed by atoms with Gasteiger partial charge in [-0.05, 0) is 26.7 Å². The molecule has 0 aromatic heterocycles. The molecule has 0 unspecified atom stereocenters. The summed E-state index contributed by atoms with van der Waals surface area (Å²) in [4.78, 5) is 23.9. The van der Waals surface area contributed by atoms with E-state index in [4.69, 9.17) is 10.5 Å². The van der Waals surface area contributed by atoms with Crippen LogP contribution in [0.25, 0.3) is 0 Å². The van der Waals surface area contributed by atoms with E-state index in [1.54, 1.807) is 6.92 Å². The largest absolute Gasteiger partial charge is 0.512 e. The van der Waals surface area contributed by atoms with Crippen LogP contribution >= 0.6 is 0 Å². The first kappa shape index (κ1) is 17.0. The van der Waals surface area contributed by atoms with Crippen LogP contribution in [-0.4, -0.2) is 23.6 Å². The molecular weight excluding hydrogens is 272 g/mol. The van der Waals surface area contributed by atoms with E-state index >= 15 is 0 Å². The summed E-state index contributed by atoms with van der Waals surface area (Å²) in [6, 6.07) is 1.92. The minimum Gasteiger partial charge on any atom is -0.512 e. The highest BCUT2D eigenvalue weighted by atomic mass is 16.5. The molecule has 0 radical (unpaired) electrons. The maximum absolute atomic E-state index is 12.2. The maximum atomic E-state index is 12.2. The number of allylic oxidation sites excluding steroid dienone is 1. The lowest BCUT2D eigenvalue weighted by Gasteiger charge is -2.40. The predicted molar refractivity (Wildman–Crippen MR) is 75.8 cm³/mol. The lowest BCUT2D eigenvalue weighted by atomic mass is 9.61. The molecule has 1 aliphatic carbocycles. The number of ether oxygens (including phenoxy) is 1. The summed E-state index contributed by atoms with van der Waals surface area (Å²) in [6.45, 7) is 3.18. The van der Waals surface area contributed by atoms with Crippen LogP contribution in [0.4, 0.5) is 0 Å². The molecule has 0 saturated heterocycles. The van der Waals surface area contributed by atoms with Gasteiger partial charge in [0.1, 0.15) is 11.7 Å². The molecule has 1 aliphatic rings. The molecule has 1 amide bonds. The molecule has 1 atom stereocenters. The summed E-state index contributed by atoms with van der Waals surface area (Å²) in [6.07, 6.45) is 3.41. The number of nitrogens with zero attached hydrogens (tertiary/aromatic N) is 1. The van der Waals surface area contributed by atoms with Crippen molar-refractivity contribution in [2.75, 3.05) is 6.61 Å². The zero-order valence-corrected chi connectivity index (χ0v) is 12.5. The van der Waals surface area contributed by atoms with Crippen LogP contribution in [0.15, 0.2) is 11.3 Å². The number of hydrogen-bond acceptors (Lipinski definition) is 5. The van der Waals surface area contributed by atoms with Crippen LogP contribution < -0.4 is 5.73 Å². The van der Waals surface area contributed by atoms with Crippen molar-refractivity contribution in [1.29, 1.82) is 5.26 Å². The van der Waals surface area contributed by atoms with Crippen LogP contribution in [0.2, 0.25) is 0 Å². The van der Waals surface area contributed by atoms with Crippen LogP contribution in [0.1, 0.15) is 46.0 Å². The number of aliphatic hydroxyl groups is 1. The number of carbonyl (C=O) groups excluding carboxylic acids is 2. The van der Waals surface area contributed by atoms with Crippen molar-refractivity contribution in [3.8, 4) is 6.07 Å². The van der Waals surface area contributed by atoms with E-state index in [2.05, 4.69) is 0 Å². The van der Waals surface area contributed by atoms with Crippen molar-refractivity contribution < 1.29 is 19.4 Å². The molecule has 0 aromatic rings. The number of aliphatic hydroxyl groups excluding tert-OH is 1. The van der Waals surface area contributed by atoms with E-state index in [1.807, 2.05) is 6.07 Å². The smallest absolute Gasteiger partial charge is 0.338 e. The van der Waals surface area contributed by atoms with E-state index in [0.29, 0.717) is 12.8 Å². The normalized spacial score (nSPS) is 19.9. The minimum absolute atomic E-state index is 0.0226. The van der Waals surface area contributed by atoms with Gasteiger partial charge in [-0.1, -0.05) is 19.3 Å². The van der Waals surface area contributed by atoms with E-state index in [1.165, 1.54) is 6.92 Å². The average molecular weight is 294 g/mol. The second kappa shape index (κ2) is 7.11. The second-order valence-corrected chi connectivity index (χ2v) is 5.36. The number of esters is 1. The van der Waals surface area contributed by atoms with Gasteiger partial charge in [0.05, 0.1) is 18.2 Å². The average Bonchev–Trinajstić information content (AvgIpc) is 2.39. The topological polar surface area (TPSA) is 113 Å². The Morgan fingerprint density at radius 1 is 1.38 bits per heavy atom. The molecule has 6 nitrogen and oxygen atoms in total. The van der Waals surface area contributed by atoms with Crippen LogP contribution in [-0.2, 0) is 14.3 Å². The van der Waals surface area contributed by atoms with Crippen molar-refractivity contribution in [2.24, 2.45) is 17.1 Å². The van der Waals surface area contributed by atoms with Crippen LogP contribution in [0.5, 0.6) is 0 Å². The van der Waals surface area contributed by atoms with Gasteiger partial charge >= 0.3 is 5.97 Å². The van der Waals surface area contributed by atoms with Crippen molar-refractivity contribution in [2.45, 2.75) is 46.0 Å². The fourth-order valence-corrected chi connectivity index (χ4v) is 3.24. The Labute approximate surface area is 124 Å². The van der Waals surface area contributed by atoms with E-state index < -0.39 is 23.2 Å². The lowest BCUT2D eigenvalue weighted by Crippen LogP contribution is -2.44. The minimum atomic E-state index is -1.15. The van der Waals surface area contributed by atoms with Gasteiger partial charge in [-0.15, -0.1) is 0 Å². The molecular formula is C15H22N2O4. The Bertz CT molecular complexity index is 480. The van der Waals surface area contributed by atoms with Gasteiger partial charge in [-0.3, -0.25) is 4.79 Å². The Kier molecular flexibility index (Phi) is 5.77. The van der Waals surface area contributed by atoms with Gasteiger partial charge in [0, 0.05) is 5.41 Å². The summed E-state index contributed by atoms with van der Waals surface area (Å²) in [7, 11) is 0. The van der Waals surface area contributed by atoms with Crippen molar-refractivity contribution >= 4 is 11.9 Å². The molecule has 0 heterocycles. The molecule has 0 bridgehead atoms. The lowest BCUT2D eigenvalue weighted by molar-refractivity contribution is -0.141. The molecule has 21 heavy (non-hydrogen) atoms. The Morgan fingerprint density at radius 3 is 2.33 bits per heavy atom. The molecule has 0 aliphatic heterocycles. The fraction of sp³-hybridized carbons (Fsp3) is 0.667. The van der Waals surface area contributed by atoms with Crippen molar-refractivity contribution in [3.05, 3.63) is 11.3 Å². The molecule has 6 heteroatoms. The second-order valence-electron chi connectivity index (χ2n) is 5.36. The summed E-state index contributed by atoms with van der Waals surface area (Å²) < 4.78 is 5.00. The van der Waals surface area contributed by atoms with Gasteiger partial charge in [0.2, 0.25) is 5.91 Å². The monoisotopic (exact) mass is 294 g/mol. The highest BCUT2D eigenvalue weighted by Crippen LogP contribution is 2.49.